The summed E-state index contributed by atoms with van der Waals surface area (Å²) in [5, 5.41) is 9.07. The van der Waals surface area contributed by atoms with Crippen molar-refractivity contribution in [3.05, 3.63) is 47.0 Å². The zero-order valence-corrected chi connectivity index (χ0v) is 10.7. The van der Waals surface area contributed by atoms with Crippen LogP contribution in [-0.2, 0) is 10.8 Å². The number of carboxylic acids is 1. The molecule has 1 aliphatic carbocycles. The maximum Gasteiger partial charge on any atom is 0.335 e. The molecule has 1 aliphatic rings. The highest BCUT2D eigenvalue weighted by atomic mass is 16.4. The van der Waals surface area contributed by atoms with Gasteiger partial charge in [0.1, 0.15) is 0 Å². The zero-order valence-electron chi connectivity index (χ0n) is 10.7. The van der Waals surface area contributed by atoms with Crippen LogP contribution in [0.3, 0.4) is 0 Å². The van der Waals surface area contributed by atoms with E-state index >= 15 is 0 Å². The number of rotatable bonds is 1. The van der Waals surface area contributed by atoms with E-state index in [1.165, 1.54) is 5.56 Å². The molecule has 0 heterocycles. The minimum Gasteiger partial charge on any atom is -0.478 e. The maximum absolute atomic E-state index is 11.0. The van der Waals surface area contributed by atoms with Crippen molar-refractivity contribution < 1.29 is 9.90 Å². The topological polar surface area (TPSA) is 37.3 Å². The summed E-state index contributed by atoms with van der Waals surface area (Å²) >= 11 is 0. The second kappa shape index (κ2) is 3.46. The smallest absolute Gasteiger partial charge is 0.335 e. The van der Waals surface area contributed by atoms with Crippen LogP contribution in [0.2, 0.25) is 0 Å². The molecule has 0 bridgehead atoms. The third-order valence-corrected chi connectivity index (χ3v) is 3.57. The molecule has 2 rings (SSSR count). The summed E-state index contributed by atoms with van der Waals surface area (Å²) in [5.74, 6) is -0.865. The maximum atomic E-state index is 11.0. The lowest BCUT2D eigenvalue weighted by Gasteiger charge is -2.36. The van der Waals surface area contributed by atoms with Crippen molar-refractivity contribution >= 4 is 5.97 Å². The Morgan fingerprint density at radius 3 is 2.06 bits per heavy atom. The number of aromatic carboxylic acids is 1. The quantitative estimate of drug-likeness (QED) is 0.749. The van der Waals surface area contributed by atoms with Crippen LogP contribution in [0.1, 0.15) is 49.2 Å². The molecule has 90 valence electrons. The lowest BCUT2D eigenvalue weighted by molar-refractivity contribution is 0.0696. The van der Waals surface area contributed by atoms with Gasteiger partial charge in [-0.1, -0.05) is 45.9 Å². The average molecular weight is 230 g/mol. The van der Waals surface area contributed by atoms with Gasteiger partial charge in [-0.05, 0) is 23.3 Å². The highest BCUT2D eigenvalue weighted by Crippen LogP contribution is 2.41. The van der Waals surface area contributed by atoms with Gasteiger partial charge in [0.25, 0.3) is 0 Å². The van der Waals surface area contributed by atoms with Gasteiger partial charge in [-0.25, -0.2) is 4.79 Å². The molecule has 2 heteroatoms. The van der Waals surface area contributed by atoms with Crippen LogP contribution in [0.15, 0.2) is 30.4 Å². The Labute approximate surface area is 102 Å². The molecule has 0 amide bonds. The molecule has 1 aromatic carbocycles. The van der Waals surface area contributed by atoms with Crippen LogP contribution >= 0.6 is 0 Å². The Morgan fingerprint density at radius 1 is 1.00 bits per heavy atom. The number of carboxylic acid groups (broad SMARTS) is 1. The van der Waals surface area contributed by atoms with E-state index in [1.54, 1.807) is 6.07 Å². The van der Waals surface area contributed by atoms with Crippen molar-refractivity contribution in [2.75, 3.05) is 0 Å². The summed E-state index contributed by atoms with van der Waals surface area (Å²) in [6, 6.07) is 5.45. The molecule has 1 N–H and O–H groups in total. The van der Waals surface area contributed by atoms with Gasteiger partial charge < -0.3 is 5.11 Å². The second-order valence-corrected chi connectivity index (χ2v) is 5.84. The molecule has 0 saturated heterocycles. The largest absolute Gasteiger partial charge is 0.478 e. The highest BCUT2D eigenvalue weighted by molar-refractivity contribution is 5.88. The van der Waals surface area contributed by atoms with Crippen molar-refractivity contribution in [2.45, 2.75) is 38.5 Å². The van der Waals surface area contributed by atoms with Gasteiger partial charge in [-0.15, -0.1) is 0 Å². The van der Waals surface area contributed by atoms with Gasteiger partial charge in [0.15, 0.2) is 0 Å². The first kappa shape index (κ1) is 11.9. The molecule has 17 heavy (non-hydrogen) atoms. The molecule has 0 saturated carbocycles. The first-order valence-electron chi connectivity index (χ1n) is 5.83. The molecule has 0 atom stereocenters. The van der Waals surface area contributed by atoms with Gasteiger partial charge >= 0.3 is 5.97 Å². The predicted octanol–water partition coefficient (Wildman–Crippen LogP) is 3.51. The molecule has 0 fully saturated rings. The fourth-order valence-electron chi connectivity index (χ4n) is 2.37. The Hall–Kier alpha value is -1.57. The third-order valence-electron chi connectivity index (χ3n) is 3.57. The van der Waals surface area contributed by atoms with E-state index in [2.05, 4.69) is 39.8 Å². The monoisotopic (exact) mass is 230 g/mol. The summed E-state index contributed by atoms with van der Waals surface area (Å²) < 4.78 is 0. The van der Waals surface area contributed by atoms with Crippen molar-refractivity contribution in [1.82, 2.24) is 0 Å². The van der Waals surface area contributed by atoms with Crippen molar-refractivity contribution in [2.24, 2.45) is 0 Å². The fourth-order valence-corrected chi connectivity index (χ4v) is 2.37. The van der Waals surface area contributed by atoms with Crippen LogP contribution < -0.4 is 0 Å². The van der Waals surface area contributed by atoms with Crippen LogP contribution in [0, 0.1) is 0 Å². The van der Waals surface area contributed by atoms with E-state index in [1.807, 2.05) is 12.1 Å². The number of carbonyl (C=O) groups is 1. The van der Waals surface area contributed by atoms with E-state index in [9.17, 15) is 4.79 Å². The summed E-state index contributed by atoms with van der Waals surface area (Å²) in [7, 11) is 0. The highest BCUT2D eigenvalue weighted by Gasteiger charge is 2.32. The van der Waals surface area contributed by atoms with Crippen LogP contribution in [0.25, 0.3) is 0 Å². The van der Waals surface area contributed by atoms with E-state index < -0.39 is 5.97 Å². The lowest BCUT2D eigenvalue weighted by atomic mass is 9.68. The molecular weight excluding hydrogens is 212 g/mol. The standard InChI is InChI=1S/C15H18O2/c1-14(2)7-8-15(3,4)12-9-10(13(16)17)5-6-11(12)14/h5-9H,1-4H3,(H,16,17). The molecule has 2 nitrogen and oxygen atoms in total. The van der Waals surface area contributed by atoms with Crippen LogP contribution in [-0.4, -0.2) is 11.1 Å². The van der Waals surface area contributed by atoms with Gasteiger partial charge in [0.2, 0.25) is 0 Å². The van der Waals surface area contributed by atoms with E-state index in [0.717, 1.165) is 5.56 Å². The van der Waals surface area contributed by atoms with Crippen molar-refractivity contribution in [1.29, 1.82) is 0 Å². The molecule has 0 aliphatic heterocycles. The second-order valence-electron chi connectivity index (χ2n) is 5.84. The van der Waals surface area contributed by atoms with E-state index in [-0.39, 0.29) is 10.8 Å². The SMILES string of the molecule is CC1(C)C=CC(C)(C)c2cc(C(=O)O)ccc21. The van der Waals surface area contributed by atoms with Gasteiger partial charge in [-0.3, -0.25) is 0 Å². The molecule has 0 aromatic heterocycles. The van der Waals surface area contributed by atoms with Gasteiger partial charge in [0.05, 0.1) is 5.56 Å². The molecule has 1 aromatic rings. The van der Waals surface area contributed by atoms with Crippen molar-refractivity contribution in [3.63, 3.8) is 0 Å². The summed E-state index contributed by atoms with van der Waals surface area (Å²) in [5.41, 5.74) is 2.57. The Bertz CT molecular complexity index is 508. The van der Waals surface area contributed by atoms with Crippen molar-refractivity contribution in [3.8, 4) is 0 Å². The molecule has 0 unspecified atom stereocenters. The summed E-state index contributed by atoms with van der Waals surface area (Å²) in [4.78, 5) is 11.0. The number of allylic oxidation sites excluding steroid dienone is 2. The predicted molar refractivity (Wildman–Crippen MR) is 68.6 cm³/mol. The molecular formula is C15H18O2. The Morgan fingerprint density at radius 2 is 1.53 bits per heavy atom. The Balaban J connectivity index is 2.68. The Kier molecular flexibility index (Phi) is 2.42. The average Bonchev–Trinajstić information content (AvgIpc) is 2.24. The third kappa shape index (κ3) is 1.88. The number of hydrogen-bond donors (Lipinski definition) is 1. The fraction of sp³-hybridized carbons (Fsp3) is 0.400. The normalized spacial score (nSPS) is 19.8. The molecule has 0 spiro atoms. The first-order valence-corrected chi connectivity index (χ1v) is 5.83. The number of hydrogen-bond acceptors (Lipinski definition) is 1. The zero-order chi connectivity index (χ0) is 12.8. The van der Waals surface area contributed by atoms with E-state index in [0.29, 0.717) is 5.56 Å². The molecule has 0 radical (unpaired) electrons. The minimum atomic E-state index is -0.865. The first-order chi connectivity index (χ1) is 7.74. The van der Waals surface area contributed by atoms with E-state index in [4.69, 9.17) is 5.11 Å². The number of benzene rings is 1. The number of fused-ring (bicyclic) bond motifs is 1. The van der Waals surface area contributed by atoms with Gasteiger partial charge in [-0.2, -0.15) is 0 Å². The summed E-state index contributed by atoms with van der Waals surface area (Å²) in [6.45, 7) is 8.53. The lowest BCUT2D eigenvalue weighted by Crippen LogP contribution is -2.29. The van der Waals surface area contributed by atoms with Crippen LogP contribution in [0.4, 0.5) is 0 Å². The van der Waals surface area contributed by atoms with Crippen LogP contribution in [0.5, 0.6) is 0 Å². The van der Waals surface area contributed by atoms with Gasteiger partial charge in [0, 0.05) is 10.8 Å². The minimum absolute atomic E-state index is 0.0259. The summed E-state index contributed by atoms with van der Waals surface area (Å²) in [6.07, 6.45) is 4.37.